The Bertz CT molecular complexity index is 512. The Morgan fingerprint density at radius 2 is 2.32 bits per heavy atom. The number of carbonyl (C=O) groups excluding carboxylic acids is 2. The van der Waals surface area contributed by atoms with Crippen molar-refractivity contribution >= 4 is 23.6 Å². The van der Waals surface area contributed by atoms with Gasteiger partial charge in [0, 0.05) is 19.3 Å². The van der Waals surface area contributed by atoms with Gasteiger partial charge in [0.1, 0.15) is 13.1 Å². The van der Waals surface area contributed by atoms with Gasteiger partial charge in [-0.3, -0.25) is 14.3 Å². The van der Waals surface area contributed by atoms with Crippen molar-refractivity contribution in [2.75, 3.05) is 25.0 Å². The standard InChI is InChI=1S/C10H13N5O4/c16-8-5-14(2-1-11-8)10(19)13-7-3-12-15(4-7)6-9(17)18/h3-4H,1-2,5-6H2,(H,11,16)(H,13,19)(H,17,18). The molecule has 1 aliphatic heterocycles. The molecule has 1 aromatic heterocycles. The zero-order valence-electron chi connectivity index (χ0n) is 10.00. The molecule has 1 aromatic rings. The molecule has 0 radical (unpaired) electrons. The zero-order valence-corrected chi connectivity index (χ0v) is 10.00. The molecule has 0 unspecified atom stereocenters. The molecule has 2 heterocycles. The SMILES string of the molecule is O=C(O)Cn1cc(NC(=O)N2CCNC(=O)C2)cn1. The summed E-state index contributed by atoms with van der Waals surface area (Å²) < 4.78 is 1.20. The van der Waals surface area contributed by atoms with Gasteiger partial charge in [-0.25, -0.2) is 4.79 Å². The molecule has 9 heteroatoms. The fourth-order valence-electron chi connectivity index (χ4n) is 1.67. The molecule has 0 spiro atoms. The number of rotatable bonds is 3. The fraction of sp³-hybridized carbons (Fsp3) is 0.400. The van der Waals surface area contributed by atoms with Crippen LogP contribution in [0, 0.1) is 0 Å². The maximum absolute atomic E-state index is 11.8. The summed E-state index contributed by atoms with van der Waals surface area (Å²) in [5, 5.41) is 17.6. The largest absolute Gasteiger partial charge is 0.480 e. The average Bonchev–Trinajstić information content (AvgIpc) is 2.75. The Balaban J connectivity index is 1.93. The molecule has 1 saturated heterocycles. The Morgan fingerprint density at radius 3 is 3.00 bits per heavy atom. The van der Waals surface area contributed by atoms with Gasteiger partial charge in [-0.15, -0.1) is 0 Å². The molecule has 0 saturated carbocycles. The average molecular weight is 267 g/mol. The van der Waals surface area contributed by atoms with E-state index in [2.05, 4.69) is 15.7 Å². The van der Waals surface area contributed by atoms with Crippen molar-refractivity contribution in [3.63, 3.8) is 0 Å². The predicted octanol–water partition coefficient (Wildman–Crippen LogP) is -1.07. The highest BCUT2D eigenvalue weighted by molar-refractivity contribution is 5.92. The van der Waals surface area contributed by atoms with Crippen molar-refractivity contribution in [2.45, 2.75) is 6.54 Å². The lowest BCUT2D eigenvalue weighted by atomic mass is 10.4. The molecule has 0 atom stereocenters. The second-order valence-electron chi connectivity index (χ2n) is 4.02. The van der Waals surface area contributed by atoms with E-state index in [9.17, 15) is 14.4 Å². The number of nitrogens with one attached hydrogen (secondary N) is 2. The summed E-state index contributed by atoms with van der Waals surface area (Å²) >= 11 is 0. The minimum Gasteiger partial charge on any atom is -0.480 e. The Hall–Kier alpha value is -2.58. The number of urea groups is 1. The summed E-state index contributed by atoms with van der Waals surface area (Å²) in [5.41, 5.74) is 0.386. The zero-order chi connectivity index (χ0) is 13.8. The van der Waals surface area contributed by atoms with Gasteiger partial charge in [0.05, 0.1) is 11.9 Å². The Labute approximate surface area is 108 Å². The van der Waals surface area contributed by atoms with Crippen LogP contribution in [0.3, 0.4) is 0 Å². The maximum atomic E-state index is 11.8. The van der Waals surface area contributed by atoms with Gasteiger partial charge in [0.2, 0.25) is 5.91 Å². The van der Waals surface area contributed by atoms with E-state index in [0.29, 0.717) is 18.8 Å². The molecule has 3 N–H and O–H groups in total. The highest BCUT2D eigenvalue weighted by atomic mass is 16.4. The number of aliphatic carboxylic acids is 1. The minimum absolute atomic E-state index is 0.00902. The van der Waals surface area contributed by atoms with Crippen LogP contribution in [0.15, 0.2) is 12.4 Å². The molecule has 0 aliphatic carbocycles. The highest BCUT2D eigenvalue weighted by Gasteiger charge is 2.21. The van der Waals surface area contributed by atoms with Crippen molar-refractivity contribution in [2.24, 2.45) is 0 Å². The molecule has 0 aromatic carbocycles. The van der Waals surface area contributed by atoms with Crippen LogP contribution in [0.4, 0.5) is 10.5 Å². The van der Waals surface area contributed by atoms with Crippen molar-refractivity contribution in [1.29, 1.82) is 0 Å². The highest BCUT2D eigenvalue weighted by Crippen LogP contribution is 2.07. The van der Waals surface area contributed by atoms with E-state index < -0.39 is 12.0 Å². The number of carboxylic acids is 1. The second-order valence-corrected chi connectivity index (χ2v) is 4.02. The Morgan fingerprint density at radius 1 is 1.53 bits per heavy atom. The lowest BCUT2D eigenvalue weighted by Gasteiger charge is -2.26. The second kappa shape index (κ2) is 5.38. The van der Waals surface area contributed by atoms with Gasteiger partial charge in [-0.1, -0.05) is 0 Å². The monoisotopic (exact) mass is 267 g/mol. The lowest BCUT2D eigenvalue weighted by Crippen LogP contribution is -2.51. The molecular weight excluding hydrogens is 254 g/mol. The number of carbonyl (C=O) groups is 3. The maximum Gasteiger partial charge on any atom is 0.325 e. The molecule has 3 amide bonds. The van der Waals surface area contributed by atoms with Gasteiger partial charge < -0.3 is 20.6 Å². The minimum atomic E-state index is -1.02. The van der Waals surface area contributed by atoms with Crippen molar-refractivity contribution in [3.05, 3.63) is 12.4 Å². The van der Waals surface area contributed by atoms with Gasteiger partial charge >= 0.3 is 12.0 Å². The lowest BCUT2D eigenvalue weighted by molar-refractivity contribution is -0.137. The van der Waals surface area contributed by atoms with Gasteiger partial charge in [-0.2, -0.15) is 5.10 Å². The van der Waals surface area contributed by atoms with Crippen molar-refractivity contribution in [3.8, 4) is 0 Å². The van der Waals surface area contributed by atoms with Gasteiger partial charge in [0.25, 0.3) is 0 Å². The van der Waals surface area contributed by atoms with E-state index in [0.717, 1.165) is 0 Å². The van der Waals surface area contributed by atoms with Gasteiger partial charge in [-0.05, 0) is 0 Å². The van der Waals surface area contributed by atoms with Crippen LogP contribution in [0.5, 0.6) is 0 Å². The van der Waals surface area contributed by atoms with Crippen LogP contribution in [-0.2, 0) is 16.1 Å². The van der Waals surface area contributed by atoms with Crippen molar-refractivity contribution < 1.29 is 19.5 Å². The number of piperazine rings is 1. The van der Waals surface area contributed by atoms with Crippen LogP contribution in [-0.4, -0.2) is 57.3 Å². The van der Waals surface area contributed by atoms with E-state index in [1.165, 1.54) is 22.0 Å². The number of nitrogens with zero attached hydrogens (tertiary/aromatic N) is 3. The first kappa shape index (κ1) is 12.9. The number of amides is 3. The molecule has 0 bridgehead atoms. The summed E-state index contributed by atoms with van der Waals surface area (Å²) in [6, 6.07) is -0.412. The number of carboxylic acid groups (broad SMARTS) is 1. The van der Waals surface area contributed by atoms with E-state index in [4.69, 9.17) is 5.11 Å². The van der Waals surface area contributed by atoms with Crippen LogP contribution < -0.4 is 10.6 Å². The number of aromatic nitrogens is 2. The predicted molar refractivity (Wildman–Crippen MR) is 63.5 cm³/mol. The molecule has 102 valence electrons. The summed E-state index contributed by atoms with van der Waals surface area (Å²) in [5.74, 6) is -1.23. The third kappa shape index (κ3) is 3.44. The van der Waals surface area contributed by atoms with Crippen LogP contribution >= 0.6 is 0 Å². The number of hydrogen-bond donors (Lipinski definition) is 3. The molecule has 19 heavy (non-hydrogen) atoms. The van der Waals surface area contributed by atoms with Crippen molar-refractivity contribution in [1.82, 2.24) is 20.0 Å². The number of anilines is 1. The van der Waals surface area contributed by atoms with Crippen LogP contribution in [0.25, 0.3) is 0 Å². The molecule has 9 nitrogen and oxygen atoms in total. The topological polar surface area (TPSA) is 117 Å². The third-order valence-corrected chi connectivity index (χ3v) is 2.51. The summed E-state index contributed by atoms with van der Waals surface area (Å²) in [4.78, 5) is 34.8. The first-order valence-electron chi connectivity index (χ1n) is 5.61. The summed E-state index contributed by atoms with van der Waals surface area (Å²) in [6.07, 6.45) is 2.76. The van der Waals surface area contributed by atoms with E-state index >= 15 is 0 Å². The molecule has 1 aliphatic rings. The number of hydrogen-bond acceptors (Lipinski definition) is 4. The van der Waals surface area contributed by atoms with E-state index in [1.54, 1.807) is 0 Å². The van der Waals surface area contributed by atoms with E-state index in [-0.39, 0.29) is 19.0 Å². The molecule has 2 rings (SSSR count). The quantitative estimate of drug-likeness (QED) is 0.645. The van der Waals surface area contributed by atoms with Crippen LogP contribution in [0.2, 0.25) is 0 Å². The van der Waals surface area contributed by atoms with Crippen LogP contribution in [0.1, 0.15) is 0 Å². The molecular formula is C10H13N5O4. The fourth-order valence-corrected chi connectivity index (χ4v) is 1.67. The van der Waals surface area contributed by atoms with Gasteiger partial charge in [0.15, 0.2) is 0 Å². The third-order valence-electron chi connectivity index (χ3n) is 2.51. The normalized spacial score (nSPS) is 14.9. The Kier molecular flexibility index (Phi) is 3.64. The smallest absolute Gasteiger partial charge is 0.325 e. The summed E-state index contributed by atoms with van der Waals surface area (Å²) in [7, 11) is 0. The summed E-state index contributed by atoms with van der Waals surface area (Å²) in [6.45, 7) is 0.586. The van der Waals surface area contributed by atoms with E-state index in [1.807, 2.05) is 0 Å². The first-order valence-corrected chi connectivity index (χ1v) is 5.61. The molecule has 1 fully saturated rings. The first-order chi connectivity index (χ1) is 9.04.